The fraction of sp³-hybridized carbons (Fsp3) is 0.235. The lowest BCUT2D eigenvalue weighted by atomic mass is 9.98. The van der Waals surface area contributed by atoms with Gasteiger partial charge in [-0.3, -0.25) is 4.79 Å². The molecule has 0 saturated carbocycles. The van der Waals surface area contributed by atoms with Crippen LogP contribution >= 0.6 is 0 Å². The van der Waals surface area contributed by atoms with E-state index >= 15 is 0 Å². The summed E-state index contributed by atoms with van der Waals surface area (Å²) in [6.45, 7) is 0. The van der Waals surface area contributed by atoms with Crippen molar-refractivity contribution < 1.29 is 15.0 Å². The maximum atomic E-state index is 12.0. The molecule has 0 spiro atoms. The second-order valence-corrected chi connectivity index (χ2v) is 4.77. The third-order valence-corrected chi connectivity index (χ3v) is 3.26. The zero-order valence-electron chi connectivity index (χ0n) is 11.1. The number of ketones is 1. The summed E-state index contributed by atoms with van der Waals surface area (Å²) in [6, 6.07) is 18.2. The average Bonchev–Trinajstić information content (AvgIpc) is 2.53. The Bertz CT molecular complexity index is 537. The number of aryl methyl sites for hydroxylation is 1. The fourth-order valence-corrected chi connectivity index (χ4v) is 2.07. The minimum atomic E-state index is -1.37. The molecule has 2 atom stereocenters. The number of Topliss-reactive ketones (excluding diaryl/α,β-unsaturated/α-hetero) is 1. The molecule has 0 fully saturated rings. The minimum Gasteiger partial charge on any atom is -0.390 e. The van der Waals surface area contributed by atoms with Crippen molar-refractivity contribution in [1.82, 2.24) is 0 Å². The van der Waals surface area contributed by atoms with Crippen LogP contribution in [0.5, 0.6) is 0 Å². The van der Waals surface area contributed by atoms with Crippen LogP contribution in [0.4, 0.5) is 0 Å². The van der Waals surface area contributed by atoms with E-state index in [1.807, 2.05) is 30.3 Å². The molecule has 2 rings (SSSR count). The third kappa shape index (κ3) is 3.76. The van der Waals surface area contributed by atoms with Crippen molar-refractivity contribution in [1.29, 1.82) is 0 Å². The van der Waals surface area contributed by atoms with Gasteiger partial charge in [0.15, 0.2) is 5.78 Å². The number of rotatable bonds is 6. The van der Waals surface area contributed by atoms with Crippen molar-refractivity contribution in [2.75, 3.05) is 0 Å². The van der Waals surface area contributed by atoms with E-state index in [4.69, 9.17) is 0 Å². The van der Waals surface area contributed by atoms with Crippen LogP contribution in [0, 0.1) is 0 Å². The molecule has 0 heterocycles. The third-order valence-electron chi connectivity index (χ3n) is 3.26. The van der Waals surface area contributed by atoms with Crippen molar-refractivity contribution in [2.45, 2.75) is 25.0 Å². The van der Waals surface area contributed by atoms with Crippen LogP contribution in [0.3, 0.4) is 0 Å². The van der Waals surface area contributed by atoms with Gasteiger partial charge in [0.1, 0.15) is 6.10 Å². The molecule has 0 aromatic heterocycles. The molecule has 0 unspecified atom stereocenters. The molecule has 0 aliphatic carbocycles. The predicted molar refractivity (Wildman–Crippen MR) is 77.5 cm³/mol. The first-order valence-corrected chi connectivity index (χ1v) is 6.68. The molecule has 20 heavy (non-hydrogen) atoms. The monoisotopic (exact) mass is 270 g/mol. The molecule has 0 aliphatic rings. The van der Waals surface area contributed by atoms with Crippen LogP contribution in [-0.2, 0) is 6.42 Å². The highest BCUT2D eigenvalue weighted by Gasteiger charge is 2.24. The average molecular weight is 270 g/mol. The van der Waals surface area contributed by atoms with Gasteiger partial charge in [0.05, 0.1) is 6.10 Å². The summed E-state index contributed by atoms with van der Waals surface area (Å²) in [6.07, 6.45) is -1.45. The van der Waals surface area contributed by atoms with Crippen LogP contribution in [0.25, 0.3) is 0 Å². The summed E-state index contributed by atoms with van der Waals surface area (Å²) in [5.41, 5.74) is 1.49. The smallest absolute Gasteiger partial charge is 0.193 e. The largest absolute Gasteiger partial charge is 0.390 e. The van der Waals surface area contributed by atoms with Crippen molar-refractivity contribution in [3.63, 3.8) is 0 Å². The molecular formula is C17H18O3. The number of hydrogen-bond donors (Lipinski definition) is 2. The van der Waals surface area contributed by atoms with Crippen molar-refractivity contribution >= 4 is 5.78 Å². The Kier molecular flexibility index (Phi) is 5.04. The Morgan fingerprint density at radius 2 is 1.45 bits per heavy atom. The van der Waals surface area contributed by atoms with Gasteiger partial charge in [0.2, 0.25) is 0 Å². The van der Waals surface area contributed by atoms with Crippen LogP contribution in [0.15, 0.2) is 60.7 Å². The van der Waals surface area contributed by atoms with Gasteiger partial charge in [-0.15, -0.1) is 0 Å². The summed E-state index contributed by atoms with van der Waals surface area (Å²) < 4.78 is 0. The Hall–Kier alpha value is -1.97. The molecule has 3 nitrogen and oxygen atoms in total. The number of benzene rings is 2. The van der Waals surface area contributed by atoms with Gasteiger partial charge in [-0.25, -0.2) is 0 Å². The van der Waals surface area contributed by atoms with Crippen molar-refractivity contribution in [3.8, 4) is 0 Å². The predicted octanol–water partition coefficient (Wildman–Crippen LogP) is 2.22. The second kappa shape index (κ2) is 6.98. The molecule has 0 bridgehead atoms. The van der Waals surface area contributed by atoms with Gasteiger partial charge >= 0.3 is 0 Å². The lowest BCUT2D eigenvalue weighted by molar-refractivity contribution is 0.0180. The molecule has 0 radical (unpaired) electrons. The molecule has 2 N–H and O–H groups in total. The van der Waals surface area contributed by atoms with Crippen molar-refractivity contribution in [3.05, 3.63) is 71.8 Å². The molecule has 2 aromatic rings. The van der Waals surface area contributed by atoms with E-state index in [1.165, 1.54) is 0 Å². The van der Waals surface area contributed by atoms with Gasteiger partial charge < -0.3 is 10.2 Å². The highest BCUT2D eigenvalue weighted by atomic mass is 16.3. The maximum absolute atomic E-state index is 12.0. The first kappa shape index (κ1) is 14.4. The zero-order valence-corrected chi connectivity index (χ0v) is 11.1. The van der Waals surface area contributed by atoms with Crippen LogP contribution in [0.1, 0.15) is 22.3 Å². The topological polar surface area (TPSA) is 57.5 Å². The van der Waals surface area contributed by atoms with E-state index in [2.05, 4.69) is 0 Å². The van der Waals surface area contributed by atoms with Gasteiger partial charge in [0, 0.05) is 5.56 Å². The lowest BCUT2D eigenvalue weighted by Crippen LogP contribution is -2.34. The highest BCUT2D eigenvalue weighted by Crippen LogP contribution is 2.11. The highest BCUT2D eigenvalue weighted by molar-refractivity contribution is 5.99. The summed E-state index contributed by atoms with van der Waals surface area (Å²) in [7, 11) is 0. The molecular weight excluding hydrogens is 252 g/mol. The summed E-state index contributed by atoms with van der Waals surface area (Å²) in [4.78, 5) is 12.0. The molecule has 104 valence electrons. The first-order valence-electron chi connectivity index (χ1n) is 6.68. The van der Waals surface area contributed by atoms with E-state index in [0.29, 0.717) is 18.4 Å². The van der Waals surface area contributed by atoms with E-state index in [1.54, 1.807) is 30.3 Å². The van der Waals surface area contributed by atoms with E-state index in [0.717, 1.165) is 5.56 Å². The Morgan fingerprint density at radius 1 is 0.900 bits per heavy atom. The lowest BCUT2D eigenvalue weighted by Gasteiger charge is -2.16. The van der Waals surface area contributed by atoms with Crippen molar-refractivity contribution in [2.24, 2.45) is 0 Å². The van der Waals surface area contributed by atoms with Gasteiger partial charge in [-0.1, -0.05) is 60.7 Å². The molecule has 0 saturated heterocycles. The first-order chi connectivity index (χ1) is 9.68. The molecule has 3 heteroatoms. The van der Waals surface area contributed by atoms with Crippen LogP contribution in [-0.4, -0.2) is 28.2 Å². The number of carbonyl (C=O) groups is 1. The molecule has 2 aromatic carbocycles. The quantitative estimate of drug-likeness (QED) is 0.791. The normalized spacial score (nSPS) is 13.7. The summed E-state index contributed by atoms with van der Waals surface area (Å²) in [5, 5.41) is 19.9. The number of aliphatic hydroxyl groups is 2. The Balaban J connectivity index is 1.92. The van der Waals surface area contributed by atoms with E-state index in [-0.39, 0.29) is 0 Å². The van der Waals surface area contributed by atoms with E-state index < -0.39 is 18.0 Å². The fourth-order valence-electron chi connectivity index (χ4n) is 2.07. The van der Waals surface area contributed by atoms with Gasteiger partial charge in [-0.2, -0.15) is 0 Å². The summed E-state index contributed by atoms with van der Waals surface area (Å²) >= 11 is 0. The summed E-state index contributed by atoms with van der Waals surface area (Å²) in [5.74, 6) is -0.439. The zero-order chi connectivity index (χ0) is 14.4. The minimum absolute atomic E-state index is 0.351. The maximum Gasteiger partial charge on any atom is 0.193 e. The van der Waals surface area contributed by atoms with Crippen LogP contribution < -0.4 is 0 Å². The molecule has 0 aliphatic heterocycles. The van der Waals surface area contributed by atoms with Gasteiger partial charge in [0.25, 0.3) is 0 Å². The van der Waals surface area contributed by atoms with E-state index in [9.17, 15) is 15.0 Å². The second-order valence-electron chi connectivity index (χ2n) is 4.77. The van der Waals surface area contributed by atoms with Crippen LogP contribution in [0.2, 0.25) is 0 Å². The number of carbonyl (C=O) groups excluding carboxylic acids is 1. The van der Waals surface area contributed by atoms with Gasteiger partial charge in [-0.05, 0) is 18.4 Å². The number of aliphatic hydroxyl groups excluding tert-OH is 2. The number of hydrogen-bond acceptors (Lipinski definition) is 3. The molecule has 0 amide bonds. The SMILES string of the molecule is O=C(c1ccccc1)[C@H](O)[C@H](O)CCc1ccccc1. The Morgan fingerprint density at radius 3 is 2.05 bits per heavy atom. The Labute approximate surface area is 118 Å². The standard InChI is InChI=1S/C17H18O3/c18-15(12-11-13-7-3-1-4-8-13)17(20)16(19)14-9-5-2-6-10-14/h1-10,15,17-18,20H,11-12H2/t15-,17-/m1/s1.